The monoisotopic (exact) mass is 446 g/mol. The van der Waals surface area contributed by atoms with E-state index in [9.17, 15) is 26.4 Å². The van der Waals surface area contributed by atoms with Crippen molar-refractivity contribution in [3.63, 3.8) is 0 Å². The number of morpholine rings is 1. The molecule has 1 aliphatic rings. The van der Waals surface area contributed by atoms with E-state index in [-0.39, 0.29) is 35.9 Å². The van der Waals surface area contributed by atoms with Crippen LogP contribution >= 0.6 is 0 Å². The Kier molecular flexibility index (Phi) is 6.20. The summed E-state index contributed by atoms with van der Waals surface area (Å²) in [5.41, 5.74) is -0.0596. The third-order valence-corrected chi connectivity index (χ3v) is 6.82. The van der Waals surface area contributed by atoms with Crippen LogP contribution in [0.1, 0.15) is 17.0 Å². The minimum absolute atomic E-state index is 0.0479. The lowest BCUT2D eigenvalue weighted by Crippen LogP contribution is -2.41. The lowest BCUT2D eigenvalue weighted by molar-refractivity contribution is -0.137. The number of nitrogens with zero attached hydrogens (tertiary/aromatic N) is 3. The van der Waals surface area contributed by atoms with E-state index in [2.05, 4.69) is 10.4 Å². The van der Waals surface area contributed by atoms with Gasteiger partial charge in [-0.1, -0.05) is 0 Å². The molecule has 164 valence electrons. The fourth-order valence-electron chi connectivity index (χ4n) is 3.20. The summed E-state index contributed by atoms with van der Waals surface area (Å²) in [5.74, 6) is -0.546. The van der Waals surface area contributed by atoms with E-state index in [0.717, 1.165) is 24.3 Å². The molecule has 1 aromatic heterocycles. The number of hydrogen-bond donors (Lipinski definition) is 1. The third-order valence-electron chi connectivity index (χ3n) is 4.67. The average Bonchev–Trinajstić information content (AvgIpc) is 2.95. The van der Waals surface area contributed by atoms with Crippen molar-refractivity contribution in [2.24, 2.45) is 0 Å². The number of nitrogens with one attached hydrogen (secondary N) is 1. The van der Waals surface area contributed by atoms with E-state index < -0.39 is 27.7 Å². The minimum atomic E-state index is -4.46. The average molecular weight is 446 g/mol. The van der Waals surface area contributed by atoms with Gasteiger partial charge in [-0.2, -0.15) is 22.6 Å². The van der Waals surface area contributed by atoms with Gasteiger partial charge in [-0.15, -0.1) is 0 Å². The molecule has 12 heteroatoms. The predicted octanol–water partition coefficient (Wildman–Crippen LogP) is 2.18. The highest BCUT2D eigenvalue weighted by atomic mass is 32.2. The molecule has 0 saturated carbocycles. The van der Waals surface area contributed by atoms with Crippen molar-refractivity contribution in [2.75, 3.05) is 31.6 Å². The van der Waals surface area contributed by atoms with E-state index >= 15 is 0 Å². The van der Waals surface area contributed by atoms with Gasteiger partial charge in [0.25, 0.3) is 0 Å². The Morgan fingerprint density at radius 1 is 1.17 bits per heavy atom. The zero-order valence-electron chi connectivity index (χ0n) is 16.4. The number of rotatable bonds is 5. The molecule has 0 aliphatic carbocycles. The third kappa shape index (κ3) is 4.65. The minimum Gasteiger partial charge on any atom is -0.379 e. The molecule has 1 N–H and O–H groups in total. The van der Waals surface area contributed by atoms with Gasteiger partial charge in [0, 0.05) is 18.8 Å². The van der Waals surface area contributed by atoms with Crippen molar-refractivity contribution in [3.8, 4) is 0 Å². The van der Waals surface area contributed by atoms with Gasteiger partial charge in [-0.05, 0) is 38.1 Å². The summed E-state index contributed by atoms with van der Waals surface area (Å²) < 4.78 is 71.6. The zero-order chi connectivity index (χ0) is 22.1. The van der Waals surface area contributed by atoms with Gasteiger partial charge in [0.1, 0.15) is 11.4 Å². The molecular formula is C18H21F3N4O4S. The maximum absolute atomic E-state index is 13.0. The van der Waals surface area contributed by atoms with Crippen molar-refractivity contribution in [1.29, 1.82) is 0 Å². The second kappa shape index (κ2) is 8.36. The van der Waals surface area contributed by atoms with Crippen LogP contribution in [0.4, 0.5) is 18.9 Å². The number of benzene rings is 1. The van der Waals surface area contributed by atoms with Crippen molar-refractivity contribution in [1.82, 2.24) is 14.1 Å². The predicted molar refractivity (Wildman–Crippen MR) is 101 cm³/mol. The first-order valence-corrected chi connectivity index (χ1v) is 10.5. The Morgan fingerprint density at radius 3 is 2.33 bits per heavy atom. The molecule has 1 saturated heterocycles. The Morgan fingerprint density at radius 2 is 1.77 bits per heavy atom. The quantitative estimate of drug-likeness (QED) is 0.760. The molecule has 8 nitrogen and oxygen atoms in total. The highest BCUT2D eigenvalue weighted by molar-refractivity contribution is 7.89. The van der Waals surface area contributed by atoms with Gasteiger partial charge in [-0.3, -0.25) is 9.48 Å². The molecule has 3 rings (SSSR count). The summed E-state index contributed by atoms with van der Waals surface area (Å²) in [6.07, 6.45) is -4.46. The van der Waals surface area contributed by atoms with E-state index in [1.165, 1.54) is 8.99 Å². The highest BCUT2D eigenvalue weighted by Gasteiger charge is 2.32. The maximum Gasteiger partial charge on any atom is 0.416 e. The summed E-state index contributed by atoms with van der Waals surface area (Å²) in [6, 6.07) is 4.03. The number of alkyl halides is 3. The molecule has 2 aromatic rings. The molecule has 0 bridgehead atoms. The number of ether oxygens (including phenoxy) is 1. The first-order valence-electron chi connectivity index (χ1n) is 9.09. The molecular weight excluding hydrogens is 425 g/mol. The number of aryl methyl sites for hydroxylation is 1. The van der Waals surface area contributed by atoms with E-state index in [1.54, 1.807) is 13.8 Å². The Balaban J connectivity index is 1.74. The number of hydrogen-bond acceptors (Lipinski definition) is 5. The van der Waals surface area contributed by atoms with Gasteiger partial charge in [-0.25, -0.2) is 8.42 Å². The molecule has 0 atom stereocenters. The van der Waals surface area contributed by atoms with Crippen LogP contribution in [0.3, 0.4) is 0 Å². The number of amides is 1. The van der Waals surface area contributed by atoms with Crippen molar-refractivity contribution in [2.45, 2.75) is 31.5 Å². The standard InChI is InChI=1S/C18H21F3N4O4S/c1-12-17(30(27,28)24-7-9-29-10-8-24)13(2)25(23-12)11-16(26)22-15-5-3-14(4-6-15)18(19,20)21/h3-6H,7-11H2,1-2H3,(H,22,26). The fraction of sp³-hybridized carbons (Fsp3) is 0.444. The summed E-state index contributed by atoms with van der Waals surface area (Å²) in [6.45, 7) is 3.90. The number of carbonyl (C=O) groups excluding carboxylic acids is 1. The number of carbonyl (C=O) groups is 1. The largest absolute Gasteiger partial charge is 0.416 e. The number of halogens is 3. The van der Waals surface area contributed by atoms with Crippen molar-refractivity contribution >= 4 is 21.6 Å². The second-order valence-electron chi connectivity index (χ2n) is 6.80. The van der Waals surface area contributed by atoms with Crippen LogP contribution < -0.4 is 5.32 Å². The van der Waals surface area contributed by atoms with Crippen LogP contribution in [-0.4, -0.2) is 54.7 Å². The summed E-state index contributed by atoms with van der Waals surface area (Å²) >= 11 is 0. The van der Waals surface area contributed by atoms with Crippen LogP contribution in [0.15, 0.2) is 29.2 Å². The van der Waals surface area contributed by atoms with E-state index in [4.69, 9.17) is 4.74 Å². The smallest absolute Gasteiger partial charge is 0.379 e. The SMILES string of the molecule is Cc1nn(CC(=O)Nc2ccc(C(F)(F)F)cc2)c(C)c1S(=O)(=O)N1CCOCC1. The van der Waals surface area contributed by atoms with Crippen LogP contribution in [-0.2, 0) is 32.3 Å². The number of sulfonamides is 1. The second-order valence-corrected chi connectivity index (χ2v) is 8.67. The molecule has 0 unspecified atom stereocenters. The van der Waals surface area contributed by atoms with Gasteiger partial charge in [0.05, 0.1) is 30.2 Å². The summed E-state index contributed by atoms with van der Waals surface area (Å²) in [7, 11) is -3.78. The lowest BCUT2D eigenvalue weighted by Gasteiger charge is -2.26. The molecule has 0 radical (unpaired) electrons. The number of anilines is 1. The fourth-order valence-corrected chi connectivity index (χ4v) is 4.98. The molecule has 1 aromatic carbocycles. The Hall–Kier alpha value is -2.44. The van der Waals surface area contributed by atoms with Crippen LogP contribution in [0.2, 0.25) is 0 Å². The van der Waals surface area contributed by atoms with Gasteiger partial charge in [0.2, 0.25) is 15.9 Å². The Labute approximate surface area is 171 Å². The van der Waals surface area contributed by atoms with Crippen molar-refractivity contribution < 1.29 is 31.1 Å². The van der Waals surface area contributed by atoms with Gasteiger partial charge in [0.15, 0.2) is 0 Å². The van der Waals surface area contributed by atoms with Crippen LogP contribution in [0.5, 0.6) is 0 Å². The van der Waals surface area contributed by atoms with Crippen molar-refractivity contribution in [3.05, 3.63) is 41.2 Å². The summed E-state index contributed by atoms with van der Waals surface area (Å²) in [4.78, 5) is 12.4. The summed E-state index contributed by atoms with van der Waals surface area (Å²) in [5, 5.41) is 6.65. The molecule has 1 aliphatic heterocycles. The molecule has 1 amide bonds. The maximum atomic E-state index is 13.0. The first-order chi connectivity index (χ1) is 14.0. The van der Waals surface area contributed by atoms with Crippen LogP contribution in [0, 0.1) is 13.8 Å². The normalized spacial score (nSPS) is 15.9. The number of aromatic nitrogens is 2. The first kappa shape index (κ1) is 22.2. The highest BCUT2D eigenvalue weighted by Crippen LogP contribution is 2.30. The molecule has 1 fully saturated rings. The molecule has 30 heavy (non-hydrogen) atoms. The van der Waals surface area contributed by atoms with Gasteiger partial charge >= 0.3 is 6.18 Å². The lowest BCUT2D eigenvalue weighted by atomic mass is 10.2. The molecule has 0 spiro atoms. The van der Waals surface area contributed by atoms with E-state index in [1.807, 2.05) is 0 Å². The topological polar surface area (TPSA) is 93.5 Å². The molecule has 2 heterocycles. The Bertz CT molecular complexity index is 1030. The zero-order valence-corrected chi connectivity index (χ0v) is 17.2. The van der Waals surface area contributed by atoms with Crippen LogP contribution in [0.25, 0.3) is 0 Å². The van der Waals surface area contributed by atoms with E-state index in [0.29, 0.717) is 18.9 Å². The van der Waals surface area contributed by atoms with Gasteiger partial charge < -0.3 is 10.1 Å².